The van der Waals surface area contributed by atoms with Crippen LogP contribution in [0.1, 0.15) is 53.3 Å². The molecule has 6 heteroatoms. The Morgan fingerprint density at radius 3 is 2.56 bits per heavy atom. The van der Waals surface area contributed by atoms with Crippen LogP contribution in [0.15, 0.2) is 67.0 Å². The van der Waals surface area contributed by atoms with Crippen LogP contribution in [-0.2, 0) is 13.0 Å². The van der Waals surface area contributed by atoms with E-state index >= 15 is 0 Å². The summed E-state index contributed by atoms with van der Waals surface area (Å²) in [6.07, 6.45) is 9.42. The molecule has 2 aliphatic rings. The second kappa shape index (κ2) is 7.79. The third kappa shape index (κ3) is 3.42. The maximum Gasteiger partial charge on any atom is 0.259 e. The minimum absolute atomic E-state index is 0.111. The SMILES string of the molecule is O=C(Nc1ccc(-c2ncc3n2CCCC3)cc1)c1cnn(-c2ccccc2)c1C1CC1. The first-order chi connectivity index (χ1) is 15.8. The van der Waals surface area contributed by atoms with E-state index in [-0.39, 0.29) is 5.91 Å². The Balaban J connectivity index is 1.24. The molecule has 6 nitrogen and oxygen atoms in total. The highest BCUT2D eigenvalue weighted by atomic mass is 16.1. The number of nitrogens with one attached hydrogen (secondary N) is 1. The molecule has 160 valence electrons. The monoisotopic (exact) mass is 423 g/mol. The molecule has 0 bridgehead atoms. The smallest absolute Gasteiger partial charge is 0.259 e. The molecule has 0 unspecified atom stereocenters. The van der Waals surface area contributed by atoms with Crippen LogP contribution in [0.4, 0.5) is 5.69 Å². The van der Waals surface area contributed by atoms with Crippen LogP contribution in [0.5, 0.6) is 0 Å². The zero-order chi connectivity index (χ0) is 21.5. The molecule has 1 aliphatic carbocycles. The van der Waals surface area contributed by atoms with Crippen molar-refractivity contribution in [3.05, 3.63) is 83.9 Å². The molecule has 3 heterocycles. The van der Waals surface area contributed by atoms with Gasteiger partial charge in [-0.15, -0.1) is 0 Å². The summed E-state index contributed by atoms with van der Waals surface area (Å²) in [6, 6.07) is 18.0. The third-order valence-corrected chi connectivity index (χ3v) is 6.42. The van der Waals surface area contributed by atoms with Crippen molar-refractivity contribution in [2.24, 2.45) is 0 Å². The summed E-state index contributed by atoms with van der Waals surface area (Å²) in [5.41, 5.74) is 5.81. The average molecular weight is 424 g/mol. The van der Waals surface area contributed by atoms with Crippen molar-refractivity contribution in [2.75, 3.05) is 5.32 Å². The number of amides is 1. The number of anilines is 1. The Labute approximate surface area is 186 Å². The number of carbonyl (C=O) groups excluding carboxylic acids is 1. The number of hydrogen-bond donors (Lipinski definition) is 1. The van der Waals surface area contributed by atoms with Crippen LogP contribution in [-0.4, -0.2) is 25.2 Å². The molecular formula is C26H25N5O. The number of rotatable bonds is 5. The largest absolute Gasteiger partial charge is 0.328 e. The number of carbonyl (C=O) groups is 1. The molecule has 0 atom stereocenters. The second-order valence-electron chi connectivity index (χ2n) is 8.68. The van der Waals surface area contributed by atoms with Gasteiger partial charge in [-0.05, 0) is 68.5 Å². The van der Waals surface area contributed by atoms with E-state index in [1.807, 2.05) is 65.5 Å². The zero-order valence-corrected chi connectivity index (χ0v) is 17.9. The Hall–Kier alpha value is -3.67. The summed E-state index contributed by atoms with van der Waals surface area (Å²) in [5, 5.41) is 7.61. The lowest BCUT2D eigenvalue weighted by Gasteiger charge is -2.16. The molecule has 1 N–H and O–H groups in total. The molecule has 2 aromatic heterocycles. The third-order valence-electron chi connectivity index (χ3n) is 6.42. The van der Waals surface area contributed by atoms with E-state index in [0.717, 1.165) is 54.3 Å². The van der Waals surface area contributed by atoms with E-state index in [0.29, 0.717) is 11.5 Å². The Kier molecular flexibility index (Phi) is 4.63. The van der Waals surface area contributed by atoms with Crippen molar-refractivity contribution in [2.45, 2.75) is 44.6 Å². The van der Waals surface area contributed by atoms with E-state index in [2.05, 4.69) is 20.0 Å². The number of fused-ring (bicyclic) bond motifs is 1. The lowest BCUT2D eigenvalue weighted by Crippen LogP contribution is -2.14. The van der Waals surface area contributed by atoms with Crippen molar-refractivity contribution >= 4 is 11.6 Å². The van der Waals surface area contributed by atoms with Crippen molar-refractivity contribution in [1.29, 1.82) is 0 Å². The number of para-hydroxylation sites is 1. The summed E-state index contributed by atoms with van der Waals surface area (Å²) in [7, 11) is 0. The van der Waals surface area contributed by atoms with Crippen molar-refractivity contribution in [1.82, 2.24) is 19.3 Å². The molecule has 4 aromatic rings. The number of benzene rings is 2. The molecular weight excluding hydrogens is 398 g/mol. The van der Waals surface area contributed by atoms with Crippen molar-refractivity contribution in [3.63, 3.8) is 0 Å². The van der Waals surface area contributed by atoms with Crippen LogP contribution < -0.4 is 5.32 Å². The highest BCUT2D eigenvalue weighted by molar-refractivity contribution is 6.05. The second-order valence-corrected chi connectivity index (χ2v) is 8.68. The first-order valence-electron chi connectivity index (χ1n) is 11.4. The highest BCUT2D eigenvalue weighted by Crippen LogP contribution is 2.42. The molecule has 0 radical (unpaired) electrons. The van der Waals surface area contributed by atoms with Crippen molar-refractivity contribution < 1.29 is 4.79 Å². The molecule has 1 amide bonds. The van der Waals surface area contributed by atoms with Crippen LogP contribution in [0, 0.1) is 0 Å². The van der Waals surface area contributed by atoms with Crippen LogP contribution in [0.3, 0.4) is 0 Å². The normalized spacial score (nSPS) is 15.4. The maximum atomic E-state index is 13.1. The summed E-state index contributed by atoms with van der Waals surface area (Å²) >= 11 is 0. The average Bonchev–Trinajstić information content (AvgIpc) is 3.43. The van der Waals surface area contributed by atoms with Crippen LogP contribution in [0.2, 0.25) is 0 Å². The number of nitrogens with zero attached hydrogens (tertiary/aromatic N) is 4. The molecule has 0 spiro atoms. The first kappa shape index (κ1) is 19.0. The number of aryl methyl sites for hydroxylation is 1. The van der Waals surface area contributed by atoms with E-state index in [9.17, 15) is 4.79 Å². The van der Waals surface area contributed by atoms with Crippen LogP contribution >= 0.6 is 0 Å². The first-order valence-corrected chi connectivity index (χ1v) is 11.4. The van der Waals surface area contributed by atoms with Gasteiger partial charge in [0.25, 0.3) is 5.91 Å². The van der Waals surface area contributed by atoms with Gasteiger partial charge in [0.05, 0.1) is 23.1 Å². The molecule has 1 fully saturated rings. The predicted molar refractivity (Wildman–Crippen MR) is 124 cm³/mol. The van der Waals surface area contributed by atoms with E-state index in [1.165, 1.54) is 18.5 Å². The number of imidazole rings is 1. The predicted octanol–water partition coefficient (Wildman–Crippen LogP) is 5.20. The van der Waals surface area contributed by atoms with Gasteiger partial charge in [0.1, 0.15) is 5.82 Å². The van der Waals surface area contributed by atoms with Gasteiger partial charge in [-0.2, -0.15) is 5.10 Å². The molecule has 0 saturated heterocycles. The zero-order valence-electron chi connectivity index (χ0n) is 17.9. The Bertz CT molecular complexity index is 1270. The lowest BCUT2D eigenvalue weighted by molar-refractivity contribution is 0.102. The fourth-order valence-electron chi connectivity index (χ4n) is 4.62. The lowest BCUT2D eigenvalue weighted by atomic mass is 10.1. The Morgan fingerprint density at radius 2 is 1.78 bits per heavy atom. The van der Waals surface area contributed by atoms with E-state index in [1.54, 1.807) is 6.20 Å². The quantitative estimate of drug-likeness (QED) is 0.480. The molecule has 1 saturated carbocycles. The molecule has 32 heavy (non-hydrogen) atoms. The van der Waals surface area contributed by atoms with Gasteiger partial charge in [-0.1, -0.05) is 18.2 Å². The van der Waals surface area contributed by atoms with Gasteiger partial charge in [0.2, 0.25) is 0 Å². The summed E-state index contributed by atoms with van der Waals surface area (Å²) in [4.78, 5) is 17.8. The van der Waals surface area contributed by atoms with Gasteiger partial charge in [-0.3, -0.25) is 4.79 Å². The van der Waals surface area contributed by atoms with Gasteiger partial charge in [0.15, 0.2) is 0 Å². The maximum absolute atomic E-state index is 13.1. The van der Waals surface area contributed by atoms with E-state index in [4.69, 9.17) is 0 Å². The van der Waals surface area contributed by atoms with Gasteiger partial charge >= 0.3 is 0 Å². The summed E-state index contributed by atoms with van der Waals surface area (Å²) in [6.45, 7) is 1.03. The number of aromatic nitrogens is 4. The molecule has 6 rings (SSSR count). The molecule has 2 aromatic carbocycles. The minimum Gasteiger partial charge on any atom is -0.328 e. The number of hydrogen-bond acceptors (Lipinski definition) is 3. The summed E-state index contributed by atoms with van der Waals surface area (Å²) in [5.74, 6) is 1.30. The topological polar surface area (TPSA) is 64.7 Å². The van der Waals surface area contributed by atoms with E-state index < -0.39 is 0 Å². The highest BCUT2D eigenvalue weighted by Gasteiger charge is 2.33. The van der Waals surface area contributed by atoms with Crippen LogP contribution in [0.25, 0.3) is 17.1 Å². The van der Waals surface area contributed by atoms with Gasteiger partial charge in [0, 0.05) is 35.6 Å². The fourth-order valence-corrected chi connectivity index (χ4v) is 4.62. The fraction of sp³-hybridized carbons (Fsp3) is 0.269. The summed E-state index contributed by atoms with van der Waals surface area (Å²) < 4.78 is 4.23. The molecule has 1 aliphatic heterocycles. The standard InChI is InChI=1S/C26H25N5O/c32-26(23-17-28-31(24(23)18-9-10-18)21-6-2-1-3-7-21)29-20-13-11-19(12-14-20)25-27-16-22-8-4-5-15-30(22)25/h1-3,6-7,11-14,16-18H,4-5,8-10,15H2,(H,29,32). The Morgan fingerprint density at radius 1 is 0.969 bits per heavy atom. The van der Waals surface area contributed by atoms with Gasteiger partial charge < -0.3 is 9.88 Å². The minimum atomic E-state index is -0.111. The van der Waals surface area contributed by atoms with Crippen molar-refractivity contribution in [3.8, 4) is 17.1 Å². The van der Waals surface area contributed by atoms with Gasteiger partial charge in [-0.25, -0.2) is 9.67 Å².